The Morgan fingerprint density at radius 1 is 1.08 bits per heavy atom. The average molecular weight is 363 g/mol. The lowest BCUT2D eigenvalue weighted by Gasteiger charge is -2.14. The van der Waals surface area contributed by atoms with Crippen molar-refractivity contribution in [2.45, 2.75) is 24.7 Å². The summed E-state index contributed by atoms with van der Waals surface area (Å²) in [5.41, 5.74) is 0.406. The summed E-state index contributed by atoms with van der Waals surface area (Å²) < 4.78 is 44.8. The van der Waals surface area contributed by atoms with E-state index >= 15 is 0 Å². The van der Waals surface area contributed by atoms with Crippen molar-refractivity contribution in [1.82, 2.24) is 0 Å². The molecule has 0 saturated carbocycles. The predicted octanol–water partition coefficient (Wildman–Crippen LogP) is 3.44. The van der Waals surface area contributed by atoms with Crippen LogP contribution in [-0.4, -0.2) is 28.2 Å². The van der Waals surface area contributed by atoms with Crippen LogP contribution in [0.4, 0.5) is 5.69 Å². The molecule has 1 N–H and O–H groups in total. The minimum Gasteiger partial charge on any atom is -0.491 e. The monoisotopic (exact) mass is 363 g/mol. The number of benzene rings is 2. The lowest BCUT2D eigenvalue weighted by molar-refractivity contribution is 0.297. The second kappa shape index (κ2) is 7.65. The molecule has 2 aromatic carbocycles. The third-order valence-corrected chi connectivity index (χ3v) is 4.99. The fraction of sp³-hybridized carbons (Fsp3) is 0.333. The second-order valence-electron chi connectivity index (χ2n) is 5.61. The van der Waals surface area contributed by atoms with E-state index in [1.165, 1.54) is 12.1 Å². The molecule has 0 unspecified atom stereocenters. The van der Waals surface area contributed by atoms with Crippen LogP contribution in [0, 0.1) is 0 Å². The van der Waals surface area contributed by atoms with Crippen LogP contribution in [-0.2, 0) is 10.0 Å². The largest absolute Gasteiger partial charge is 0.491 e. The lowest BCUT2D eigenvalue weighted by atomic mass is 10.3. The average Bonchev–Trinajstić information content (AvgIpc) is 2.85. The standard InChI is InChI=1S/C18H21NO5S/c1-2-10-22-16-7-4-3-6-15(16)19-25(20,21)14-8-9-17-18(13-14)24-12-5-11-23-17/h3-4,6-9,13,19H,2,5,10-12H2,1H3. The van der Waals surface area contributed by atoms with Crippen LogP contribution >= 0.6 is 0 Å². The summed E-state index contributed by atoms with van der Waals surface area (Å²) in [4.78, 5) is 0.113. The summed E-state index contributed by atoms with van der Waals surface area (Å²) in [6.45, 7) is 3.56. The van der Waals surface area contributed by atoms with Gasteiger partial charge >= 0.3 is 0 Å². The fourth-order valence-corrected chi connectivity index (χ4v) is 3.49. The molecular formula is C18H21NO5S. The smallest absolute Gasteiger partial charge is 0.262 e. The molecule has 3 rings (SSSR count). The van der Waals surface area contributed by atoms with Crippen LogP contribution in [0.1, 0.15) is 19.8 Å². The van der Waals surface area contributed by atoms with Crippen molar-refractivity contribution >= 4 is 15.7 Å². The van der Waals surface area contributed by atoms with Gasteiger partial charge in [0.2, 0.25) is 0 Å². The summed E-state index contributed by atoms with van der Waals surface area (Å²) >= 11 is 0. The van der Waals surface area contributed by atoms with Crippen LogP contribution in [0.15, 0.2) is 47.4 Å². The maximum absolute atomic E-state index is 12.7. The van der Waals surface area contributed by atoms with Gasteiger partial charge in [-0.2, -0.15) is 0 Å². The molecule has 25 heavy (non-hydrogen) atoms. The van der Waals surface area contributed by atoms with E-state index in [0.717, 1.165) is 12.8 Å². The van der Waals surface area contributed by atoms with Crippen molar-refractivity contribution in [2.24, 2.45) is 0 Å². The van der Waals surface area contributed by atoms with E-state index in [-0.39, 0.29) is 4.90 Å². The lowest BCUT2D eigenvalue weighted by Crippen LogP contribution is -2.14. The molecule has 0 amide bonds. The van der Waals surface area contributed by atoms with Crippen molar-refractivity contribution in [2.75, 3.05) is 24.5 Å². The van der Waals surface area contributed by atoms with Gasteiger partial charge in [0.1, 0.15) is 5.75 Å². The molecule has 6 nitrogen and oxygen atoms in total. The summed E-state index contributed by atoms with van der Waals surface area (Å²) in [7, 11) is -3.77. The molecule has 0 spiro atoms. The minimum absolute atomic E-state index is 0.113. The van der Waals surface area contributed by atoms with Gasteiger partial charge in [0.05, 0.1) is 30.4 Å². The van der Waals surface area contributed by atoms with Crippen molar-refractivity contribution in [3.8, 4) is 17.2 Å². The Balaban J connectivity index is 1.86. The molecule has 0 aromatic heterocycles. The van der Waals surface area contributed by atoms with Crippen LogP contribution in [0.3, 0.4) is 0 Å². The van der Waals surface area contributed by atoms with Gasteiger partial charge in [0, 0.05) is 12.5 Å². The topological polar surface area (TPSA) is 73.9 Å². The van der Waals surface area contributed by atoms with E-state index < -0.39 is 10.0 Å². The summed E-state index contributed by atoms with van der Waals surface area (Å²) in [6.07, 6.45) is 1.60. The first kappa shape index (κ1) is 17.4. The van der Waals surface area contributed by atoms with Crippen molar-refractivity contribution < 1.29 is 22.6 Å². The Kier molecular flexibility index (Phi) is 5.33. The van der Waals surface area contributed by atoms with E-state index in [4.69, 9.17) is 14.2 Å². The Hall–Kier alpha value is -2.41. The molecule has 7 heteroatoms. The number of anilines is 1. The quantitative estimate of drug-likeness (QED) is 0.851. The minimum atomic E-state index is -3.77. The summed E-state index contributed by atoms with van der Waals surface area (Å²) in [5, 5.41) is 0. The molecule has 0 aliphatic carbocycles. The third-order valence-electron chi connectivity index (χ3n) is 3.62. The first-order valence-corrected chi connectivity index (χ1v) is 9.73. The van der Waals surface area contributed by atoms with E-state index in [1.807, 2.05) is 6.92 Å². The third kappa shape index (κ3) is 4.17. The molecule has 0 fully saturated rings. The number of fused-ring (bicyclic) bond motifs is 1. The van der Waals surface area contributed by atoms with Crippen LogP contribution in [0.2, 0.25) is 0 Å². The Morgan fingerprint density at radius 3 is 2.64 bits per heavy atom. The summed E-state index contributed by atoms with van der Waals surface area (Å²) in [6, 6.07) is 11.6. The normalized spacial score (nSPS) is 13.8. The van der Waals surface area contributed by atoms with Gasteiger partial charge in [-0.15, -0.1) is 0 Å². The number of hydrogen-bond donors (Lipinski definition) is 1. The number of rotatable bonds is 6. The van der Waals surface area contributed by atoms with Crippen molar-refractivity contribution in [3.63, 3.8) is 0 Å². The highest BCUT2D eigenvalue weighted by atomic mass is 32.2. The number of ether oxygens (including phenoxy) is 3. The van der Waals surface area contributed by atoms with Crippen molar-refractivity contribution in [1.29, 1.82) is 0 Å². The molecule has 1 aliphatic rings. The Morgan fingerprint density at radius 2 is 1.84 bits per heavy atom. The summed E-state index contributed by atoms with van der Waals surface area (Å²) in [5.74, 6) is 1.50. The zero-order chi connectivity index (χ0) is 17.7. The molecule has 0 radical (unpaired) electrons. The maximum Gasteiger partial charge on any atom is 0.262 e. The molecular weight excluding hydrogens is 342 g/mol. The van der Waals surface area contributed by atoms with Crippen LogP contribution in [0.25, 0.3) is 0 Å². The first-order valence-electron chi connectivity index (χ1n) is 8.24. The van der Waals surface area contributed by atoms with E-state index in [2.05, 4.69) is 4.72 Å². The number of sulfonamides is 1. The van der Waals surface area contributed by atoms with Crippen LogP contribution < -0.4 is 18.9 Å². The molecule has 1 aliphatic heterocycles. The number of hydrogen-bond acceptors (Lipinski definition) is 5. The van der Waals surface area contributed by atoms with Crippen molar-refractivity contribution in [3.05, 3.63) is 42.5 Å². The molecule has 1 heterocycles. The molecule has 0 atom stereocenters. The highest BCUT2D eigenvalue weighted by molar-refractivity contribution is 7.92. The number of nitrogens with one attached hydrogen (secondary N) is 1. The fourth-order valence-electron chi connectivity index (χ4n) is 2.40. The zero-order valence-electron chi connectivity index (χ0n) is 14.0. The van der Waals surface area contributed by atoms with E-state index in [9.17, 15) is 8.42 Å². The van der Waals surface area contributed by atoms with Gasteiger partial charge in [-0.3, -0.25) is 4.72 Å². The Bertz CT molecular complexity index is 835. The van der Waals surface area contributed by atoms with Gasteiger partial charge in [-0.05, 0) is 30.7 Å². The van der Waals surface area contributed by atoms with Gasteiger partial charge in [0.25, 0.3) is 10.0 Å². The van der Waals surface area contributed by atoms with Gasteiger partial charge in [-0.25, -0.2) is 8.42 Å². The van der Waals surface area contributed by atoms with Gasteiger partial charge < -0.3 is 14.2 Å². The van der Waals surface area contributed by atoms with Gasteiger partial charge in [-0.1, -0.05) is 19.1 Å². The van der Waals surface area contributed by atoms with Gasteiger partial charge in [0.15, 0.2) is 11.5 Å². The van der Waals surface area contributed by atoms with Crippen LogP contribution in [0.5, 0.6) is 17.2 Å². The molecule has 2 aromatic rings. The molecule has 134 valence electrons. The zero-order valence-corrected chi connectivity index (χ0v) is 14.8. The van der Waals surface area contributed by atoms with E-state index in [0.29, 0.717) is 42.8 Å². The molecule has 0 bridgehead atoms. The second-order valence-corrected chi connectivity index (χ2v) is 7.29. The Labute approximate surface area is 147 Å². The predicted molar refractivity (Wildman–Crippen MR) is 95.1 cm³/mol. The highest BCUT2D eigenvalue weighted by Gasteiger charge is 2.20. The molecule has 0 saturated heterocycles. The number of para-hydroxylation sites is 2. The SMILES string of the molecule is CCCOc1ccccc1NS(=O)(=O)c1ccc2c(c1)OCCCO2. The van der Waals surface area contributed by atoms with E-state index in [1.54, 1.807) is 30.3 Å². The highest BCUT2D eigenvalue weighted by Crippen LogP contribution is 2.33. The first-order chi connectivity index (χ1) is 12.1. The maximum atomic E-state index is 12.7.